The Morgan fingerprint density at radius 3 is 2.40 bits per heavy atom. The SMILES string of the molecule is CNC(C)CNC(=O)c1ccc(-c2ccc(OC(F)(F)F)cc2)s1.Cl. The monoisotopic (exact) mass is 394 g/mol. The van der Waals surface area contributed by atoms with Crippen molar-refractivity contribution in [3.05, 3.63) is 41.3 Å². The lowest BCUT2D eigenvalue weighted by Gasteiger charge is -2.10. The minimum atomic E-state index is -4.71. The third-order valence-corrected chi connectivity index (χ3v) is 4.40. The number of halogens is 4. The zero-order valence-corrected chi connectivity index (χ0v) is 15.1. The first kappa shape index (κ1) is 21.3. The second-order valence-electron chi connectivity index (χ2n) is 5.14. The summed E-state index contributed by atoms with van der Waals surface area (Å²) in [4.78, 5) is 13.4. The number of amides is 1. The maximum Gasteiger partial charge on any atom is 0.573 e. The molecule has 1 unspecified atom stereocenters. The summed E-state index contributed by atoms with van der Waals surface area (Å²) in [5.74, 6) is -0.452. The molecule has 0 bridgehead atoms. The number of benzene rings is 1. The van der Waals surface area contributed by atoms with Gasteiger partial charge in [0.2, 0.25) is 0 Å². The van der Waals surface area contributed by atoms with Crippen molar-refractivity contribution < 1.29 is 22.7 Å². The lowest BCUT2D eigenvalue weighted by molar-refractivity contribution is -0.274. The van der Waals surface area contributed by atoms with E-state index in [-0.39, 0.29) is 30.1 Å². The fourth-order valence-electron chi connectivity index (χ4n) is 1.87. The van der Waals surface area contributed by atoms with Crippen LogP contribution in [-0.2, 0) is 0 Å². The summed E-state index contributed by atoms with van der Waals surface area (Å²) >= 11 is 1.28. The molecule has 1 heterocycles. The summed E-state index contributed by atoms with van der Waals surface area (Å²) in [6.07, 6.45) is -4.71. The van der Waals surface area contributed by atoms with Crippen molar-refractivity contribution in [2.24, 2.45) is 0 Å². The number of carbonyl (C=O) groups is 1. The molecule has 0 aliphatic heterocycles. The van der Waals surface area contributed by atoms with Crippen LogP contribution in [0.1, 0.15) is 16.6 Å². The average Bonchev–Trinajstić information content (AvgIpc) is 3.01. The topological polar surface area (TPSA) is 50.4 Å². The minimum Gasteiger partial charge on any atom is -0.406 e. The standard InChI is InChI=1S/C16H17F3N2O2S.ClH/c1-10(20-2)9-21-15(22)14-8-7-13(24-14)11-3-5-12(6-4-11)23-16(17,18)19;/h3-8,10,20H,9H2,1-2H3,(H,21,22);1H. The van der Waals surface area contributed by atoms with Gasteiger partial charge in [-0.1, -0.05) is 0 Å². The zero-order chi connectivity index (χ0) is 17.7. The molecular weight excluding hydrogens is 377 g/mol. The van der Waals surface area contributed by atoms with Crippen molar-refractivity contribution >= 4 is 29.7 Å². The molecule has 0 radical (unpaired) electrons. The van der Waals surface area contributed by atoms with E-state index in [4.69, 9.17) is 0 Å². The van der Waals surface area contributed by atoms with Crippen LogP contribution in [-0.4, -0.2) is 31.9 Å². The van der Waals surface area contributed by atoms with Gasteiger partial charge >= 0.3 is 6.36 Å². The highest BCUT2D eigenvalue weighted by molar-refractivity contribution is 7.17. The summed E-state index contributed by atoms with van der Waals surface area (Å²) in [6.45, 7) is 2.46. The van der Waals surface area contributed by atoms with Crippen LogP contribution < -0.4 is 15.4 Å². The Hall–Kier alpha value is -1.77. The number of carbonyl (C=O) groups excluding carboxylic acids is 1. The fraction of sp³-hybridized carbons (Fsp3) is 0.312. The van der Waals surface area contributed by atoms with Crippen molar-refractivity contribution in [1.29, 1.82) is 0 Å². The van der Waals surface area contributed by atoms with Gasteiger partial charge in [-0.05, 0) is 55.9 Å². The Labute approximate surface area is 153 Å². The molecule has 0 spiro atoms. The van der Waals surface area contributed by atoms with Crippen LogP contribution in [0.5, 0.6) is 5.75 Å². The highest BCUT2D eigenvalue weighted by Gasteiger charge is 2.30. The zero-order valence-electron chi connectivity index (χ0n) is 13.5. The van der Waals surface area contributed by atoms with E-state index in [1.54, 1.807) is 12.1 Å². The Morgan fingerprint density at radius 1 is 1.20 bits per heavy atom. The lowest BCUT2D eigenvalue weighted by Crippen LogP contribution is -2.36. The molecule has 0 saturated carbocycles. The smallest absolute Gasteiger partial charge is 0.406 e. The molecule has 2 N–H and O–H groups in total. The van der Waals surface area contributed by atoms with Gasteiger partial charge in [0.15, 0.2) is 0 Å². The average molecular weight is 395 g/mol. The van der Waals surface area contributed by atoms with Gasteiger partial charge in [0.1, 0.15) is 5.75 Å². The minimum absolute atomic E-state index is 0. The molecule has 1 aromatic heterocycles. The molecule has 0 saturated heterocycles. The van der Waals surface area contributed by atoms with Crippen molar-refractivity contribution in [3.63, 3.8) is 0 Å². The van der Waals surface area contributed by atoms with E-state index in [9.17, 15) is 18.0 Å². The predicted molar refractivity (Wildman–Crippen MR) is 94.5 cm³/mol. The van der Waals surface area contributed by atoms with E-state index in [0.29, 0.717) is 11.4 Å². The van der Waals surface area contributed by atoms with Gasteiger partial charge < -0.3 is 15.4 Å². The van der Waals surface area contributed by atoms with Crippen molar-refractivity contribution in [2.75, 3.05) is 13.6 Å². The maximum absolute atomic E-state index is 12.1. The molecule has 1 atom stereocenters. The first-order valence-electron chi connectivity index (χ1n) is 7.20. The normalized spacial score (nSPS) is 12.2. The van der Waals surface area contributed by atoms with Gasteiger partial charge in [0, 0.05) is 17.5 Å². The summed E-state index contributed by atoms with van der Waals surface area (Å²) in [6, 6.07) is 9.16. The molecule has 1 aromatic carbocycles. The summed E-state index contributed by atoms with van der Waals surface area (Å²) in [5.41, 5.74) is 0.720. The predicted octanol–water partition coefficient (Wildman–Crippen LogP) is 4.07. The van der Waals surface area contributed by atoms with Crippen LogP contribution in [0.2, 0.25) is 0 Å². The molecule has 0 fully saturated rings. The number of nitrogens with one attached hydrogen (secondary N) is 2. The number of rotatable bonds is 6. The molecule has 4 nitrogen and oxygen atoms in total. The van der Waals surface area contributed by atoms with E-state index in [1.165, 1.54) is 35.6 Å². The summed E-state index contributed by atoms with van der Waals surface area (Å²) < 4.78 is 40.3. The van der Waals surface area contributed by atoms with Gasteiger partial charge in [0.25, 0.3) is 5.91 Å². The van der Waals surface area contributed by atoms with Gasteiger partial charge in [-0.25, -0.2) is 0 Å². The number of thiophene rings is 1. The molecule has 2 rings (SSSR count). The van der Waals surface area contributed by atoms with E-state index >= 15 is 0 Å². The van der Waals surface area contributed by atoms with Crippen LogP contribution >= 0.6 is 23.7 Å². The Bertz CT molecular complexity index is 689. The van der Waals surface area contributed by atoms with Crippen molar-refractivity contribution in [1.82, 2.24) is 10.6 Å². The second kappa shape index (κ2) is 9.07. The first-order valence-corrected chi connectivity index (χ1v) is 8.01. The number of likely N-dealkylation sites (N-methyl/N-ethyl adjacent to an activating group) is 1. The molecular formula is C16H18ClF3N2O2S. The Morgan fingerprint density at radius 2 is 1.84 bits per heavy atom. The quantitative estimate of drug-likeness (QED) is 0.776. The van der Waals surface area contributed by atoms with Crippen molar-refractivity contribution in [2.45, 2.75) is 19.3 Å². The third kappa shape index (κ3) is 6.56. The molecule has 9 heteroatoms. The molecule has 0 aliphatic carbocycles. The van der Waals surface area contributed by atoms with Gasteiger partial charge in [-0.15, -0.1) is 36.9 Å². The molecule has 2 aromatic rings. The molecule has 25 heavy (non-hydrogen) atoms. The van der Waals surface area contributed by atoms with Gasteiger partial charge in [-0.2, -0.15) is 0 Å². The Kier molecular flexibility index (Phi) is 7.72. The number of alkyl halides is 3. The van der Waals surface area contributed by atoms with E-state index in [1.807, 2.05) is 14.0 Å². The summed E-state index contributed by atoms with van der Waals surface area (Å²) in [5, 5.41) is 5.83. The maximum atomic E-state index is 12.1. The van der Waals surface area contributed by atoms with Crippen LogP contribution in [0, 0.1) is 0 Å². The highest BCUT2D eigenvalue weighted by atomic mass is 35.5. The fourth-order valence-corrected chi connectivity index (χ4v) is 2.80. The number of hydrogen-bond acceptors (Lipinski definition) is 4. The molecule has 1 amide bonds. The van der Waals surface area contributed by atoms with Crippen LogP contribution in [0.15, 0.2) is 36.4 Å². The molecule has 0 aliphatic rings. The van der Waals surface area contributed by atoms with Crippen LogP contribution in [0.3, 0.4) is 0 Å². The largest absolute Gasteiger partial charge is 0.573 e. The summed E-state index contributed by atoms with van der Waals surface area (Å²) in [7, 11) is 1.81. The van der Waals surface area contributed by atoms with Crippen molar-refractivity contribution in [3.8, 4) is 16.2 Å². The number of ether oxygens (including phenoxy) is 1. The van der Waals surface area contributed by atoms with E-state index < -0.39 is 6.36 Å². The van der Waals surface area contributed by atoms with Crippen LogP contribution in [0.4, 0.5) is 13.2 Å². The van der Waals surface area contributed by atoms with E-state index in [2.05, 4.69) is 15.4 Å². The Balaban J connectivity index is 0.00000312. The highest BCUT2D eigenvalue weighted by Crippen LogP contribution is 2.30. The molecule has 138 valence electrons. The lowest BCUT2D eigenvalue weighted by atomic mass is 10.2. The first-order chi connectivity index (χ1) is 11.3. The van der Waals surface area contributed by atoms with Gasteiger partial charge in [-0.3, -0.25) is 4.79 Å². The van der Waals surface area contributed by atoms with E-state index in [0.717, 1.165) is 10.4 Å². The third-order valence-electron chi connectivity index (χ3n) is 3.26. The van der Waals surface area contributed by atoms with Crippen LogP contribution in [0.25, 0.3) is 10.4 Å². The second-order valence-corrected chi connectivity index (χ2v) is 6.22. The number of hydrogen-bond donors (Lipinski definition) is 2. The van der Waals surface area contributed by atoms with Gasteiger partial charge in [0.05, 0.1) is 4.88 Å².